The predicted molar refractivity (Wildman–Crippen MR) is 98.0 cm³/mol. The molecule has 0 N–H and O–H groups in total. The second kappa shape index (κ2) is 8.25. The van der Waals surface area contributed by atoms with Crippen molar-refractivity contribution in [1.29, 1.82) is 0 Å². The highest BCUT2D eigenvalue weighted by Gasteiger charge is 2.14. The van der Waals surface area contributed by atoms with E-state index in [1.807, 2.05) is 18.2 Å². The first kappa shape index (κ1) is 18.3. The van der Waals surface area contributed by atoms with Gasteiger partial charge in [-0.2, -0.15) is 0 Å². The van der Waals surface area contributed by atoms with E-state index in [-0.39, 0.29) is 18.1 Å². The lowest BCUT2D eigenvalue weighted by molar-refractivity contribution is -0.139. The molecule has 8 heteroatoms. The number of methoxy groups -OCH3 is 1. The summed E-state index contributed by atoms with van der Waals surface area (Å²) in [6.45, 7) is -0.365. The number of carbonyl (C=O) groups excluding carboxylic acids is 2. The highest BCUT2D eigenvalue weighted by molar-refractivity contribution is 7.99. The van der Waals surface area contributed by atoms with Gasteiger partial charge in [0.1, 0.15) is 17.0 Å². The van der Waals surface area contributed by atoms with E-state index in [1.165, 1.54) is 13.2 Å². The summed E-state index contributed by atoms with van der Waals surface area (Å²) in [6.07, 6.45) is 0. The molecular formula is C18H14ClNO5S. The van der Waals surface area contributed by atoms with Crippen molar-refractivity contribution in [2.24, 2.45) is 0 Å². The van der Waals surface area contributed by atoms with Crippen LogP contribution in [0.4, 0.5) is 0 Å². The number of hydrogen-bond donors (Lipinski definition) is 0. The molecule has 0 radical (unpaired) electrons. The average Bonchev–Trinajstić information content (AvgIpc) is 3.07. The fourth-order valence-electron chi connectivity index (χ4n) is 2.14. The van der Waals surface area contributed by atoms with Crippen molar-refractivity contribution in [2.75, 3.05) is 19.5 Å². The minimum absolute atomic E-state index is 0.0104. The number of fused-ring (bicyclic) bond motifs is 1. The van der Waals surface area contributed by atoms with Gasteiger partial charge < -0.3 is 13.9 Å². The molecule has 0 bridgehead atoms. The molecular weight excluding hydrogens is 378 g/mol. The average molecular weight is 392 g/mol. The number of oxazole rings is 1. The highest BCUT2D eigenvalue weighted by atomic mass is 35.5. The Morgan fingerprint density at radius 3 is 2.77 bits per heavy atom. The summed E-state index contributed by atoms with van der Waals surface area (Å²) >= 11 is 7.09. The zero-order valence-corrected chi connectivity index (χ0v) is 15.3. The Kier molecular flexibility index (Phi) is 5.80. The molecule has 0 unspecified atom stereocenters. The Morgan fingerprint density at radius 1 is 1.23 bits per heavy atom. The van der Waals surface area contributed by atoms with Gasteiger partial charge in [-0.05, 0) is 30.3 Å². The Hall–Kier alpha value is -2.51. The predicted octanol–water partition coefficient (Wildman–Crippen LogP) is 4.01. The summed E-state index contributed by atoms with van der Waals surface area (Å²) < 4.78 is 15.5. The zero-order valence-electron chi connectivity index (χ0n) is 13.7. The Balaban J connectivity index is 1.50. The molecule has 2 aromatic carbocycles. The minimum atomic E-state index is -0.537. The molecule has 0 atom stereocenters. The number of carbonyl (C=O) groups is 2. The van der Waals surface area contributed by atoms with Crippen molar-refractivity contribution < 1.29 is 23.5 Å². The maximum atomic E-state index is 12.1. The first-order chi connectivity index (χ1) is 12.6. The standard InChI is InChI=1S/C18H14ClNO5S/c1-23-15-7-6-11(8-12(15)19)14(21)9-24-17(22)10-26-18-20-13-4-2-3-5-16(13)25-18/h2-8H,9-10H2,1H3. The fraction of sp³-hybridized carbons (Fsp3) is 0.167. The van der Waals surface area contributed by atoms with Crippen LogP contribution in [0.5, 0.6) is 5.75 Å². The van der Waals surface area contributed by atoms with Gasteiger partial charge in [0.15, 0.2) is 18.0 Å². The molecule has 3 aromatic rings. The van der Waals surface area contributed by atoms with Crippen molar-refractivity contribution in [3.05, 3.63) is 53.1 Å². The molecule has 3 rings (SSSR count). The van der Waals surface area contributed by atoms with Gasteiger partial charge in [-0.25, -0.2) is 4.98 Å². The van der Waals surface area contributed by atoms with Crippen molar-refractivity contribution >= 4 is 46.2 Å². The van der Waals surface area contributed by atoms with Crippen LogP contribution in [-0.4, -0.2) is 36.2 Å². The van der Waals surface area contributed by atoms with Crippen molar-refractivity contribution in [2.45, 2.75) is 5.22 Å². The quantitative estimate of drug-likeness (QED) is 0.342. The Labute approximate surface area is 158 Å². The van der Waals surface area contributed by atoms with Crippen molar-refractivity contribution in [3.8, 4) is 5.75 Å². The molecule has 6 nitrogen and oxygen atoms in total. The molecule has 0 aliphatic rings. The first-order valence-electron chi connectivity index (χ1n) is 7.57. The van der Waals surface area contributed by atoms with Crippen LogP contribution in [0.1, 0.15) is 10.4 Å². The second-order valence-corrected chi connectivity index (χ2v) is 6.50. The van der Waals surface area contributed by atoms with Crippen LogP contribution in [0.3, 0.4) is 0 Å². The van der Waals surface area contributed by atoms with Gasteiger partial charge >= 0.3 is 5.97 Å². The van der Waals surface area contributed by atoms with Gasteiger partial charge in [0.25, 0.3) is 5.22 Å². The number of Topliss-reactive ketones (excluding diaryl/α,β-unsaturated/α-hetero) is 1. The number of aromatic nitrogens is 1. The van der Waals surface area contributed by atoms with Gasteiger partial charge in [-0.1, -0.05) is 35.5 Å². The number of nitrogens with zero attached hydrogens (tertiary/aromatic N) is 1. The summed E-state index contributed by atoms with van der Waals surface area (Å²) in [7, 11) is 1.49. The van der Waals surface area contributed by atoms with Crippen LogP contribution in [-0.2, 0) is 9.53 Å². The number of rotatable bonds is 7. The lowest BCUT2D eigenvalue weighted by Gasteiger charge is -2.06. The summed E-state index contributed by atoms with van der Waals surface area (Å²) in [5.74, 6) is -0.432. The van der Waals surface area contributed by atoms with Gasteiger partial charge in [0.05, 0.1) is 12.1 Å². The molecule has 0 amide bonds. The van der Waals surface area contributed by atoms with Crippen LogP contribution in [0, 0.1) is 0 Å². The van der Waals surface area contributed by atoms with Gasteiger partial charge in [0.2, 0.25) is 0 Å². The molecule has 1 heterocycles. The summed E-state index contributed by atoms with van der Waals surface area (Å²) in [6, 6.07) is 11.9. The maximum absolute atomic E-state index is 12.1. The third-order valence-electron chi connectivity index (χ3n) is 3.43. The molecule has 0 aliphatic heterocycles. The van der Waals surface area contributed by atoms with E-state index in [9.17, 15) is 9.59 Å². The topological polar surface area (TPSA) is 78.6 Å². The van der Waals surface area contributed by atoms with E-state index in [0.717, 1.165) is 17.3 Å². The number of halogens is 1. The lowest BCUT2D eigenvalue weighted by Crippen LogP contribution is -2.15. The van der Waals surface area contributed by atoms with E-state index in [2.05, 4.69) is 4.98 Å². The van der Waals surface area contributed by atoms with E-state index in [0.29, 0.717) is 27.1 Å². The highest BCUT2D eigenvalue weighted by Crippen LogP contribution is 2.25. The third-order valence-corrected chi connectivity index (χ3v) is 4.52. The number of hydrogen-bond acceptors (Lipinski definition) is 7. The van der Waals surface area contributed by atoms with Crippen LogP contribution in [0.25, 0.3) is 11.1 Å². The molecule has 0 fully saturated rings. The van der Waals surface area contributed by atoms with Gasteiger partial charge in [-0.3, -0.25) is 9.59 Å². The number of para-hydroxylation sites is 2. The summed E-state index contributed by atoms with van der Waals surface area (Å²) in [5.41, 5.74) is 1.71. The molecule has 0 saturated heterocycles. The van der Waals surface area contributed by atoms with Gasteiger partial charge in [-0.15, -0.1) is 0 Å². The van der Waals surface area contributed by atoms with Crippen molar-refractivity contribution in [1.82, 2.24) is 4.98 Å². The molecule has 0 spiro atoms. The van der Waals surface area contributed by atoms with E-state index >= 15 is 0 Å². The third kappa shape index (κ3) is 4.36. The maximum Gasteiger partial charge on any atom is 0.316 e. The first-order valence-corrected chi connectivity index (χ1v) is 8.94. The number of ether oxygens (including phenoxy) is 2. The summed E-state index contributed by atoms with van der Waals surface area (Å²) in [5, 5.41) is 0.688. The molecule has 134 valence electrons. The minimum Gasteiger partial charge on any atom is -0.495 e. The van der Waals surface area contributed by atoms with E-state index in [1.54, 1.807) is 18.2 Å². The number of thioether (sulfide) groups is 1. The Bertz CT molecular complexity index is 923. The summed E-state index contributed by atoms with van der Waals surface area (Å²) in [4.78, 5) is 28.2. The lowest BCUT2D eigenvalue weighted by atomic mass is 10.1. The number of ketones is 1. The monoisotopic (exact) mass is 391 g/mol. The van der Waals surface area contributed by atoms with Crippen LogP contribution in [0.15, 0.2) is 52.1 Å². The molecule has 26 heavy (non-hydrogen) atoms. The van der Waals surface area contributed by atoms with Crippen molar-refractivity contribution in [3.63, 3.8) is 0 Å². The smallest absolute Gasteiger partial charge is 0.316 e. The van der Waals surface area contributed by atoms with Crippen LogP contribution < -0.4 is 4.74 Å². The SMILES string of the molecule is COc1ccc(C(=O)COC(=O)CSc2nc3ccccc3o2)cc1Cl. The largest absolute Gasteiger partial charge is 0.495 e. The number of benzene rings is 2. The second-order valence-electron chi connectivity index (χ2n) is 5.17. The van der Waals surface area contributed by atoms with Crippen LogP contribution in [0.2, 0.25) is 5.02 Å². The Morgan fingerprint density at radius 2 is 2.04 bits per heavy atom. The number of esters is 1. The zero-order chi connectivity index (χ0) is 18.5. The van der Waals surface area contributed by atoms with Crippen LogP contribution >= 0.6 is 23.4 Å². The normalized spacial score (nSPS) is 10.7. The molecule has 0 saturated carbocycles. The fourth-order valence-corrected chi connectivity index (χ4v) is 3.04. The van der Waals surface area contributed by atoms with Gasteiger partial charge in [0, 0.05) is 5.56 Å². The van der Waals surface area contributed by atoms with E-state index in [4.69, 9.17) is 25.5 Å². The van der Waals surface area contributed by atoms with E-state index < -0.39 is 5.97 Å². The molecule has 0 aliphatic carbocycles. The molecule has 1 aromatic heterocycles.